The Bertz CT molecular complexity index is 505. The molecule has 3 nitrogen and oxygen atoms in total. The van der Waals surface area contributed by atoms with Gasteiger partial charge in [0.25, 0.3) is 0 Å². The predicted molar refractivity (Wildman–Crippen MR) is 92.1 cm³/mol. The minimum Gasteiger partial charge on any atom is -0.356 e. The Morgan fingerprint density at radius 2 is 1.91 bits per heavy atom. The second-order valence-electron chi connectivity index (χ2n) is 7.09. The van der Waals surface area contributed by atoms with E-state index in [1.165, 1.54) is 11.1 Å². The third-order valence-electron chi connectivity index (χ3n) is 5.27. The Balaban J connectivity index is 0.00000176. The first kappa shape index (κ1) is 17.3. The number of hydrogen-bond donors (Lipinski definition) is 2. The molecule has 2 unspecified atom stereocenters. The largest absolute Gasteiger partial charge is 0.356 e. The molecule has 1 saturated carbocycles. The molecular weight excluding hydrogens is 296 g/mol. The van der Waals surface area contributed by atoms with Crippen molar-refractivity contribution >= 4 is 18.3 Å². The summed E-state index contributed by atoms with van der Waals surface area (Å²) in [5, 5.41) is 3.17. The number of carbonyl (C=O) groups is 1. The zero-order valence-corrected chi connectivity index (χ0v) is 14.1. The average Bonchev–Trinajstić information content (AvgIpc) is 2.87. The number of nitrogens with two attached hydrogens (primary N) is 1. The first-order chi connectivity index (χ1) is 10.1. The van der Waals surface area contributed by atoms with Crippen LogP contribution >= 0.6 is 12.4 Å². The van der Waals surface area contributed by atoms with Crippen LogP contribution < -0.4 is 11.1 Å². The lowest BCUT2D eigenvalue weighted by Crippen LogP contribution is -2.53. The minimum atomic E-state index is -0.332. The van der Waals surface area contributed by atoms with Crippen LogP contribution in [0.1, 0.15) is 43.7 Å². The Morgan fingerprint density at radius 1 is 1.27 bits per heavy atom. The molecule has 1 fully saturated rings. The fraction of sp³-hybridized carbons (Fsp3) is 0.611. The van der Waals surface area contributed by atoms with E-state index in [4.69, 9.17) is 5.73 Å². The van der Waals surface area contributed by atoms with Crippen LogP contribution in [-0.4, -0.2) is 18.0 Å². The molecule has 3 rings (SSSR count). The van der Waals surface area contributed by atoms with E-state index in [1.807, 2.05) is 6.92 Å². The van der Waals surface area contributed by atoms with Crippen molar-refractivity contribution in [3.8, 4) is 0 Å². The third-order valence-corrected chi connectivity index (χ3v) is 5.27. The second-order valence-corrected chi connectivity index (χ2v) is 7.09. The van der Waals surface area contributed by atoms with Gasteiger partial charge in [-0.3, -0.25) is 4.79 Å². The smallest absolute Gasteiger partial charge is 0.224 e. The number of fused-ring (bicyclic) bond motifs is 1. The molecule has 2 aliphatic carbocycles. The van der Waals surface area contributed by atoms with Gasteiger partial charge >= 0.3 is 0 Å². The zero-order chi connectivity index (χ0) is 14.9. The van der Waals surface area contributed by atoms with E-state index in [9.17, 15) is 4.79 Å². The maximum atomic E-state index is 12.5. The number of nitrogens with one attached hydrogen (secondary N) is 1. The van der Waals surface area contributed by atoms with Crippen molar-refractivity contribution in [2.45, 2.75) is 51.0 Å². The molecule has 122 valence electrons. The monoisotopic (exact) mass is 322 g/mol. The number of halogens is 1. The second kappa shape index (κ2) is 7.01. The highest BCUT2D eigenvalue weighted by atomic mass is 35.5. The molecule has 0 spiro atoms. The molecule has 3 N–H and O–H groups in total. The van der Waals surface area contributed by atoms with E-state index in [-0.39, 0.29) is 29.8 Å². The summed E-state index contributed by atoms with van der Waals surface area (Å²) in [6.45, 7) is 2.81. The van der Waals surface area contributed by atoms with Gasteiger partial charge in [-0.1, -0.05) is 37.1 Å². The highest BCUT2D eigenvalue weighted by molar-refractivity contribution is 5.85. The lowest BCUT2D eigenvalue weighted by atomic mass is 9.74. The lowest BCUT2D eigenvalue weighted by Gasteiger charge is -2.37. The SMILES string of the molecule is CC1(N)CCCCC1C(=O)NCC1Cc2ccccc2C1.Cl. The quantitative estimate of drug-likeness (QED) is 0.899. The number of hydrogen-bond acceptors (Lipinski definition) is 2. The van der Waals surface area contributed by atoms with Gasteiger partial charge < -0.3 is 11.1 Å². The van der Waals surface area contributed by atoms with E-state index in [2.05, 4.69) is 29.6 Å². The fourth-order valence-corrected chi connectivity index (χ4v) is 3.95. The lowest BCUT2D eigenvalue weighted by molar-refractivity contribution is -0.128. The summed E-state index contributed by atoms with van der Waals surface area (Å²) in [5.41, 5.74) is 8.87. The highest BCUT2D eigenvalue weighted by Gasteiger charge is 2.37. The topological polar surface area (TPSA) is 55.1 Å². The molecule has 1 amide bonds. The Hall–Kier alpha value is -1.06. The molecule has 0 bridgehead atoms. The van der Waals surface area contributed by atoms with Crippen LogP contribution in [0, 0.1) is 11.8 Å². The van der Waals surface area contributed by atoms with E-state index in [1.54, 1.807) is 0 Å². The Morgan fingerprint density at radius 3 is 2.50 bits per heavy atom. The van der Waals surface area contributed by atoms with Crippen LogP contribution in [0.25, 0.3) is 0 Å². The van der Waals surface area contributed by atoms with Crippen LogP contribution in [0.15, 0.2) is 24.3 Å². The molecule has 2 atom stereocenters. The van der Waals surface area contributed by atoms with Gasteiger partial charge in [-0.2, -0.15) is 0 Å². The maximum Gasteiger partial charge on any atom is 0.224 e. The summed E-state index contributed by atoms with van der Waals surface area (Å²) < 4.78 is 0. The van der Waals surface area contributed by atoms with Crippen LogP contribution in [0.4, 0.5) is 0 Å². The van der Waals surface area contributed by atoms with Gasteiger partial charge in [0.1, 0.15) is 0 Å². The number of benzene rings is 1. The van der Waals surface area contributed by atoms with Gasteiger partial charge in [0.15, 0.2) is 0 Å². The van der Waals surface area contributed by atoms with Gasteiger partial charge in [0, 0.05) is 12.1 Å². The molecule has 0 saturated heterocycles. The third kappa shape index (κ3) is 3.64. The van der Waals surface area contributed by atoms with Gasteiger partial charge in [-0.25, -0.2) is 0 Å². The van der Waals surface area contributed by atoms with Gasteiger partial charge in [-0.05, 0) is 49.7 Å². The standard InChI is InChI=1S/C18H26N2O.ClH/c1-18(19)9-5-4-8-16(18)17(21)20-12-13-10-14-6-2-3-7-15(14)11-13;/h2-3,6-7,13,16H,4-5,8-12,19H2,1H3,(H,20,21);1H. The predicted octanol–water partition coefficient (Wildman–Crippen LogP) is 2.85. The van der Waals surface area contributed by atoms with Crippen molar-refractivity contribution in [2.24, 2.45) is 17.6 Å². The van der Waals surface area contributed by atoms with Crippen molar-refractivity contribution in [1.29, 1.82) is 0 Å². The summed E-state index contributed by atoms with van der Waals surface area (Å²) >= 11 is 0. The maximum absolute atomic E-state index is 12.5. The van der Waals surface area contributed by atoms with Crippen molar-refractivity contribution in [3.05, 3.63) is 35.4 Å². The summed E-state index contributed by atoms with van der Waals surface area (Å²) in [6, 6.07) is 8.61. The van der Waals surface area contributed by atoms with Crippen LogP contribution in [0.2, 0.25) is 0 Å². The Kier molecular flexibility index (Phi) is 5.51. The molecule has 22 heavy (non-hydrogen) atoms. The summed E-state index contributed by atoms with van der Waals surface area (Å²) in [6.07, 6.45) is 6.33. The molecule has 0 aliphatic heterocycles. The zero-order valence-electron chi connectivity index (χ0n) is 13.3. The summed E-state index contributed by atoms with van der Waals surface area (Å²) in [5.74, 6) is 0.685. The number of amides is 1. The van der Waals surface area contributed by atoms with Gasteiger partial charge in [0.05, 0.1) is 5.92 Å². The van der Waals surface area contributed by atoms with Crippen molar-refractivity contribution in [2.75, 3.05) is 6.54 Å². The van der Waals surface area contributed by atoms with Crippen LogP contribution in [0.5, 0.6) is 0 Å². The molecule has 1 aromatic rings. The normalized spacial score (nSPS) is 27.8. The van der Waals surface area contributed by atoms with E-state index >= 15 is 0 Å². The fourth-order valence-electron chi connectivity index (χ4n) is 3.95. The number of rotatable bonds is 3. The molecular formula is C18H27ClN2O. The van der Waals surface area contributed by atoms with Crippen molar-refractivity contribution in [3.63, 3.8) is 0 Å². The van der Waals surface area contributed by atoms with Crippen LogP contribution in [0.3, 0.4) is 0 Å². The van der Waals surface area contributed by atoms with E-state index in [0.717, 1.165) is 45.1 Å². The van der Waals surface area contributed by atoms with Gasteiger partial charge in [-0.15, -0.1) is 12.4 Å². The molecule has 1 aromatic carbocycles. The molecule has 0 radical (unpaired) electrons. The molecule has 2 aliphatic rings. The first-order valence-corrected chi connectivity index (χ1v) is 8.19. The minimum absolute atomic E-state index is 0. The van der Waals surface area contributed by atoms with Gasteiger partial charge in [0.2, 0.25) is 5.91 Å². The molecule has 0 aromatic heterocycles. The highest BCUT2D eigenvalue weighted by Crippen LogP contribution is 2.32. The van der Waals surface area contributed by atoms with E-state index in [0.29, 0.717) is 5.92 Å². The molecule has 0 heterocycles. The Labute approximate surface area is 139 Å². The van der Waals surface area contributed by atoms with Crippen molar-refractivity contribution in [1.82, 2.24) is 5.32 Å². The summed E-state index contributed by atoms with van der Waals surface area (Å²) in [4.78, 5) is 12.5. The average molecular weight is 323 g/mol. The van der Waals surface area contributed by atoms with E-state index < -0.39 is 0 Å². The number of carbonyl (C=O) groups excluding carboxylic acids is 1. The van der Waals surface area contributed by atoms with Crippen LogP contribution in [-0.2, 0) is 17.6 Å². The summed E-state index contributed by atoms with van der Waals surface area (Å²) in [7, 11) is 0. The first-order valence-electron chi connectivity index (χ1n) is 8.19. The molecule has 4 heteroatoms. The van der Waals surface area contributed by atoms with Crippen molar-refractivity contribution < 1.29 is 4.79 Å².